The van der Waals surface area contributed by atoms with Crippen molar-refractivity contribution in [2.24, 2.45) is 10.9 Å². The second kappa shape index (κ2) is 10.0. The first kappa shape index (κ1) is 22.7. The molecule has 7 nitrogen and oxygen atoms in total. The fraction of sp³-hybridized carbons (Fsp3) is 0.280. The first-order valence-corrected chi connectivity index (χ1v) is 11.4. The van der Waals surface area contributed by atoms with E-state index >= 15 is 0 Å². The number of aromatic nitrogens is 2. The number of hydrogen-bond acceptors (Lipinski definition) is 5. The zero-order chi connectivity index (χ0) is 23.4. The number of ether oxygens (including phenoxy) is 1. The van der Waals surface area contributed by atoms with Crippen LogP contribution in [0.15, 0.2) is 65.8 Å². The lowest BCUT2D eigenvalue weighted by Gasteiger charge is -2.30. The molecule has 170 valence electrons. The van der Waals surface area contributed by atoms with E-state index in [1.807, 2.05) is 43.3 Å². The third-order valence-corrected chi connectivity index (χ3v) is 5.86. The summed E-state index contributed by atoms with van der Waals surface area (Å²) >= 11 is 6.57. The number of aliphatic imine (C=N–C) groups is 1. The van der Waals surface area contributed by atoms with Gasteiger partial charge < -0.3 is 10.1 Å². The Bertz CT molecular complexity index is 1190. The second-order valence-electron chi connectivity index (χ2n) is 7.73. The summed E-state index contributed by atoms with van der Waals surface area (Å²) in [5, 5.41) is 7.80. The number of esters is 1. The topological polar surface area (TPSA) is 85.6 Å². The number of carbonyl (C=O) groups excluding carboxylic acids is 2. The van der Waals surface area contributed by atoms with Gasteiger partial charge in [-0.1, -0.05) is 61.3 Å². The van der Waals surface area contributed by atoms with Gasteiger partial charge in [0.15, 0.2) is 5.82 Å². The lowest BCUT2D eigenvalue weighted by Crippen LogP contribution is -2.34. The molecule has 8 heteroatoms. The normalized spacial score (nSPS) is 17.1. The molecule has 0 spiro atoms. The molecule has 1 aliphatic heterocycles. The van der Waals surface area contributed by atoms with E-state index in [2.05, 4.69) is 10.4 Å². The van der Waals surface area contributed by atoms with Gasteiger partial charge in [-0.25, -0.2) is 9.79 Å². The number of carbonyl (C=O) groups is 2. The second-order valence-corrected chi connectivity index (χ2v) is 8.14. The van der Waals surface area contributed by atoms with Gasteiger partial charge in [0.05, 0.1) is 6.61 Å². The maximum atomic E-state index is 13.1. The number of fused-ring (bicyclic) bond motifs is 1. The molecule has 2 aromatic carbocycles. The van der Waals surface area contributed by atoms with E-state index in [0.717, 1.165) is 12.0 Å². The third kappa shape index (κ3) is 4.68. The minimum Gasteiger partial charge on any atom is -0.465 e. The van der Waals surface area contributed by atoms with E-state index in [9.17, 15) is 9.59 Å². The van der Waals surface area contributed by atoms with Gasteiger partial charge in [-0.15, -0.1) is 5.10 Å². The van der Waals surface area contributed by atoms with Crippen LogP contribution in [-0.4, -0.2) is 34.1 Å². The van der Waals surface area contributed by atoms with Gasteiger partial charge in [0.25, 0.3) is 0 Å². The van der Waals surface area contributed by atoms with Gasteiger partial charge in [-0.05, 0) is 37.1 Å². The number of anilines is 1. The molecule has 0 fully saturated rings. The predicted molar refractivity (Wildman–Crippen MR) is 129 cm³/mol. The molecular weight excluding hydrogens is 440 g/mol. The SMILES string of the molecule is CCCC1=Nc2nn(C(=O)Nc3ccccc3)cc2C(c2ccccc2Cl)C1C(=O)OCC. The summed E-state index contributed by atoms with van der Waals surface area (Å²) in [6.07, 6.45) is 3.03. The van der Waals surface area contributed by atoms with Crippen LogP contribution >= 0.6 is 11.6 Å². The van der Waals surface area contributed by atoms with Crippen LogP contribution < -0.4 is 5.32 Å². The summed E-state index contributed by atoms with van der Waals surface area (Å²) in [5.74, 6) is -1.06. The maximum absolute atomic E-state index is 13.1. The number of hydrogen-bond donors (Lipinski definition) is 1. The lowest BCUT2D eigenvalue weighted by molar-refractivity contribution is -0.146. The van der Waals surface area contributed by atoms with Gasteiger partial charge in [0, 0.05) is 34.1 Å². The Morgan fingerprint density at radius 2 is 1.79 bits per heavy atom. The molecule has 0 saturated heterocycles. The molecule has 2 heterocycles. The van der Waals surface area contributed by atoms with Crippen LogP contribution in [0.1, 0.15) is 43.7 Å². The highest BCUT2D eigenvalue weighted by Gasteiger charge is 2.42. The molecule has 0 aliphatic carbocycles. The van der Waals surface area contributed by atoms with E-state index in [0.29, 0.717) is 34.2 Å². The molecule has 1 N–H and O–H groups in total. The molecule has 2 unspecified atom stereocenters. The van der Waals surface area contributed by atoms with Gasteiger partial charge >= 0.3 is 12.0 Å². The molecule has 4 rings (SSSR count). The van der Waals surface area contributed by atoms with Crippen LogP contribution in [0.25, 0.3) is 0 Å². The average molecular weight is 465 g/mol. The van der Waals surface area contributed by atoms with Gasteiger partial charge in [0.2, 0.25) is 0 Å². The molecule has 0 saturated carbocycles. The molecule has 0 bridgehead atoms. The van der Waals surface area contributed by atoms with Crippen LogP contribution in [0.2, 0.25) is 5.02 Å². The molecule has 1 amide bonds. The van der Waals surface area contributed by atoms with Crippen LogP contribution in [0.3, 0.4) is 0 Å². The Balaban J connectivity index is 1.81. The summed E-state index contributed by atoms with van der Waals surface area (Å²) in [5.41, 5.74) is 2.76. The Labute approximate surface area is 197 Å². The standard InChI is InChI=1S/C25H25ClN4O3/c1-3-10-20-22(24(31)33-4-2)21(17-13-8-9-14-19(17)26)18-15-30(29-23(18)28-20)25(32)27-16-11-6-5-7-12-16/h5-9,11-15,21-22H,3-4,10H2,1-2H3,(H,27,32). The molecule has 1 aromatic heterocycles. The Hall–Kier alpha value is -3.45. The number of amides is 1. The van der Waals surface area contributed by atoms with Crippen molar-refractivity contribution in [3.63, 3.8) is 0 Å². The largest absolute Gasteiger partial charge is 0.465 e. The highest BCUT2D eigenvalue weighted by atomic mass is 35.5. The van der Waals surface area contributed by atoms with Crippen molar-refractivity contribution < 1.29 is 14.3 Å². The maximum Gasteiger partial charge on any atom is 0.346 e. The Kier molecular flexibility index (Phi) is 6.89. The summed E-state index contributed by atoms with van der Waals surface area (Å²) in [7, 11) is 0. The fourth-order valence-corrected chi connectivity index (χ4v) is 4.37. The van der Waals surface area contributed by atoms with Crippen molar-refractivity contribution in [3.05, 3.63) is 76.9 Å². The molecule has 3 aromatic rings. The number of rotatable bonds is 6. The molecule has 2 atom stereocenters. The zero-order valence-corrected chi connectivity index (χ0v) is 19.2. The van der Waals surface area contributed by atoms with Crippen LogP contribution in [-0.2, 0) is 9.53 Å². The van der Waals surface area contributed by atoms with Crippen molar-refractivity contribution in [1.29, 1.82) is 0 Å². The van der Waals surface area contributed by atoms with E-state index in [4.69, 9.17) is 21.3 Å². The van der Waals surface area contributed by atoms with Crippen molar-refractivity contribution in [1.82, 2.24) is 9.78 Å². The minimum atomic E-state index is -0.646. The summed E-state index contributed by atoms with van der Waals surface area (Å²) in [4.78, 5) is 30.7. The van der Waals surface area contributed by atoms with E-state index in [1.54, 1.807) is 31.3 Å². The zero-order valence-electron chi connectivity index (χ0n) is 18.5. The first-order valence-electron chi connectivity index (χ1n) is 11.0. The first-order chi connectivity index (χ1) is 16.0. The van der Waals surface area contributed by atoms with Crippen LogP contribution in [0.4, 0.5) is 16.3 Å². The monoisotopic (exact) mass is 464 g/mol. The van der Waals surface area contributed by atoms with Crippen molar-refractivity contribution >= 4 is 40.8 Å². The average Bonchev–Trinajstić information content (AvgIpc) is 3.24. The quantitative estimate of drug-likeness (QED) is 0.466. The number of para-hydroxylation sites is 1. The van der Waals surface area contributed by atoms with Gasteiger partial charge in [-0.3, -0.25) is 4.79 Å². The Morgan fingerprint density at radius 3 is 2.48 bits per heavy atom. The van der Waals surface area contributed by atoms with E-state index in [-0.39, 0.29) is 12.6 Å². The van der Waals surface area contributed by atoms with Crippen molar-refractivity contribution in [3.8, 4) is 0 Å². The van der Waals surface area contributed by atoms with Crippen molar-refractivity contribution in [2.45, 2.75) is 32.6 Å². The number of nitrogens with zero attached hydrogens (tertiary/aromatic N) is 3. The summed E-state index contributed by atoms with van der Waals surface area (Å²) < 4.78 is 6.65. The van der Waals surface area contributed by atoms with Crippen molar-refractivity contribution in [2.75, 3.05) is 11.9 Å². The molecule has 33 heavy (non-hydrogen) atoms. The molecule has 0 radical (unpaired) electrons. The van der Waals surface area contributed by atoms with Crippen LogP contribution in [0, 0.1) is 5.92 Å². The number of benzene rings is 2. The third-order valence-electron chi connectivity index (χ3n) is 5.52. The number of nitrogens with one attached hydrogen (secondary N) is 1. The van der Waals surface area contributed by atoms with Gasteiger partial charge in [0.1, 0.15) is 5.92 Å². The molecule has 1 aliphatic rings. The highest BCUT2D eigenvalue weighted by molar-refractivity contribution is 6.31. The van der Waals surface area contributed by atoms with E-state index < -0.39 is 17.9 Å². The summed E-state index contributed by atoms with van der Waals surface area (Å²) in [6, 6.07) is 16.1. The van der Waals surface area contributed by atoms with Crippen LogP contribution in [0.5, 0.6) is 0 Å². The lowest BCUT2D eigenvalue weighted by atomic mass is 9.76. The number of halogens is 1. The van der Waals surface area contributed by atoms with E-state index in [1.165, 1.54) is 4.68 Å². The minimum absolute atomic E-state index is 0.260. The molecular formula is C25H25ClN4O3. The predicted octanol–water partition coefficient (Wildman–Crippen LogP) is 5.81. The summed E-state index contributed by atoms with van der Waals surface area (Å²) in [6.45, 7) is 4.06. The smallest absolute Gasteiger partial charge is 0.346 e. The highest BCUT2D eigenvalue weighted by Crippen LogP contribution is 2.45. The Morgan fingerprint density at radius 1 is 1.06 bits per heavy atom. The van der Waals surface area contributed by atoms with Gasteiger partial charge in [-0.2, -0.15) is 4.68 Å². The fourth-order valence-electron chi connectivity index (χ4n) is 4.11.